The van der Waals surface area contributed by atoms with E-state index < -0.39 is 0 Å². The van der Waals surface area contributed by atoms with Gasteiger partial charge in [-0.25, -0.2) is 0 Å². The van der Waals surface area contributed by atoms with Gasteiger partial charge in [0.1, 0.15) is 0 Å². The number of rotatable bonds is 0. The van der Waals surface area contributed by atoms with E-state index in [2.05, 4.69) is 43.6 Å². The molecule has 0 aromatic heterocycles. The van der Waals surface area contributed by atoms with Gasteiger partial charge in [0, 0.05) is 6.54 Å². The van der Waals surface area contributed by atoms with Gasteiger partial charge in [0.25, 0.3) is 0 Å². The molecule has 0 atom stereocenters. The second-order valence-electron chi connectivity index (χ2n) is 2.72. The minimum Gasteiger partial charge on any atom is -0.390 e. The molecule has 1 rings (SSSR count). The van der Waals surface area contributed by atoms with Crippen LogP contribution >= 0.6 is 0 Å². The molecule has 1 nitrogen and oxygen atoms in total. The molecule has 0 unspecified atom stereocenters. The maximum atomic E-state index is 3.25. The van der Waals surface area contributed by atoms with Gasteiger partial charge in [-0.1, -0.05) is 18.2 Å². The second kappa shape index (κ2) is 4.02. The largest absolute Gasteiger partial charge is 0.390 e. The third kappa shape index (κ3) is 2.26. The first-order chi connectivity index (χ1) is 5.34. The van der Waals surface area contributed by atoms with Crippen molar-refractivity contribution in [2.45, 2.75) is 20.3 Å². The zero-order valence-corrected chi connectivity index (χ0v) is 7.22. The highest BCUT2D eigenvalue weighted by Crippen LogP contribution is 2.11. The third-order valence-electron chi connectivity index (χ3n) is 1.84. The van der Waals surface area contributed by atoms with Crippen LogP contribution in [0.3, 0.4) is 0 Å². The molecular weight excluding hydrogens is 134 g/mol. The highest BCUT2D eigenvalue weighted by Gasteiger charge is 1.95. The van der Waals surface area contributed by atoms with Gasteiger partial charge in [-0.15, -0.1) is 0 Å². The fourth-order valence-corrected chi connectivity index (χ4v) is 1.14. The van der Waals surface area contributed by atoms with Crippen LogP contribution in [0, 0.1) is 0 Å². The van der Waals surface area contributed by atoms with Gasteiger partial charge in [0.2, 0.25) is 0 Å². The number of nitrogens with one attached hydrogen (secondary N) is 1. The Morgan fingerprint density at radius 1 is 1.55 bits per heavy atom. The molecule has 1 aliphatic heterocycles. The van der Waals surface area contributed by atoms with E-state index in [1.807, 2.05) is 0 Å². The SMILES string of the molecule is C/C=C1\C=C/CCN/C=C\1C. The molecule has 0 aliphatic carbocycles. The molecule has 0 fully saturated rings. The van der Waals surface area contributed by atoms with Gasteiger partial charge in [-0.3, -0.25) is 0 Å². The lowest BCUT2D eigenvalue weighted by atomic mass is 10.1. The summed E-state index contributed by atoms with van der Waals surface area (Å²) in [6.07, 6.45) is 9.72. The molecule has 0 aromatic carbocycles. The minimum atomic E-state index is 1.05. The Kier molecular flexibility index (Phi) is 2.96. The van der Waals surface area contributed by atoms with Crippen molar-refractivity contribution in [1.29, 1.82) is 0 Å². The van der Waals surface area contributed by atoms with E-state index in [1.54, 1.807) is 0 Å². The zero-order valence-electron chi connectivity index (χ0n) is 7.22. The fourth-order valence-electron chi connectivity index (χ4n) is 1.14. The van der Waals surface area contributed by atoms with Crippen LogP contribution in [-0.2, 0) is 0 Å². The summed E-state index contributed by atoms with van der Waals surface area (Å²) in [7, 11) is 0. The Labute approximate surface area is 68.5 Å². The van der Waals surface area contributed by atoms with E-state index in [4.69, 9.17) is 0 Å². The lowest BCUT2D eigenvalue weighted by Gasteiger charge is -2.07. The average molecular weight is 149 g/mol. The van der Waals surface area contributed by atoms with Crippen LogP contribution in [0.15, 0.2) is 35.6 Å². The summed E-state index contributed by atoms with van der Waals surface area (Å²) in [6.45, 7) is 5.24. The normalized spacial score (nSPS) is 29.6. The van der Waals surface area contributed by atoms with Crippen molar-refractivity contribution >= 4 is 0 Å². The molecule has 0 amide bonds. The maximum absolute atomic E-state index is 3.25. The molecule has 1 heterocycles. The van der Waals surface area contributed by atoms with Crippen LogP contribution in [0.1, 0.15) is 20.3 Å². The summed E-state index contributed by atoms with van der Waals surface area (Å²) < 4.78 is 0. The molecule has 0 spiro atoms. The second-order valence-corrected chi connectivity index (χ2v) is 2.72. The molecule has 0 saturated carbocycles. The highest BCUT2D eigenvalue weighted by molar-refractivity contribution is 5.38. The van der Waals surface area contributed by atoms with Crippen molar-refractivity contribution in [3.05, 3.63) is 35.6 Å². The molecule has 1 heteroatoms. The highest BCUT2D eigenvalue weighted by atomic mass is 14.8. The molecule has 0 bridgehead atoms. The van der Waals surface area contributed by atoms with E-state index >= 15 is 0 Å². The maximum Gasteiger partial charge on any atom is 0.0176 e. The predicted octanol–water partition coefficient (Wildman–Crippen LogP) is 2.39. The lowest BCUT2D eigenvalue weighted by molar-refractivity contribution is 0.840. The Morgan fingerprint density at radius 3 is 3.09 bits per heavy atom. The van der Waals surface area contributed by atoms with Gasteiger partial charge in [-0.05, 0) is 37.6 Å². The number of hydrogen-bond donors (Lipinski definition) is 1. The van der Waals surface area contributed by atoms with Gasteiger partial charge < -0.3 is 5.32 Å². The first-order valence-electron chi connectivity index (χ1n) is 4.08. The Morgan fingerprint density at radius 2 is 2.36 bits per heavy atom. The van der Waals surface area contributed by atoms with Gasteiger partial charge in [-0.2, -0.15) is 0 Å². The quantitative estimate of drug-likeness (QED) is 0.557. The smallest absolute Gasteiger partial charge is 0.0176 e. The number of hydrogen-bond acceptors (Lipinski definition) is 1. The Balaban J connectivity index is 2.80. The van der Waals surface area contributed by atoms with E-state index in [-0.39, 0.29) is 0 Å². The topological polar surface area (TPSA) is 12.0 Å². The van der Waals surface area contributed by atoms with Crippen molar-refractivity contribution in [3.8, 4) is 0 Å². The van der Waals surface area contributed by atoms with Crippen molar-refractivity contribution in [3.63, 3.8) is 0 Å². The van der Waals surface area contributed by atoms with E-state index in [0.717, 1.165) is 13.0 Å². The van der Waals surface area contributed by atoms with Crippen LogP contribution in [-0.4, -0.2) is 6.54 Å². The van der Waals surface area contributed by atoms with Crippen LogP contribution in [0.4, 0.5) is 0 Å². The Bertz CT molecular complexity index is 209. The lowest BCUT2D eigenvalue weighted by Crippen LogP contribution is -2.08. The molecule has 11 heavy (non-hydrogen) atoms. The standard InChI is InChI=1S/C10H15N/c1-3-10-6-4-5-7-11-8-9(10)2/h3-4,6,8,11H,5,7H2,1-2H3/b6-4-,9-8-,10-3+. The van der Waals surface area contributed by atoms with E-state index in [1.165, 1.54) is 11.1 Å². The molecule has 0 aromatic rings. The molecule has 0 radical (unpaired) electrons. The summed E-state index contributed by atoms with van der Waals surface area (Å²) in [4.78, 5) is 0. The van der Waals surface area contributed by atoms with Crippen LogP contribution in [0.2, 0.25) is 0 Å². The molecule has 0 saturated heterocycles. The van der Waals surface area contributed by atoms with Gasteiger partial charge in [0.05, 0.1) is 0 Å². The van der Waals surface area contributed by atoms with Crippen molar-refractivity contribution < 1.29 is 0 Å². The van der Waals surface area contributed by atoms with E-state index in [0.29, 0.717) is 0 Å². The molecule has 1 N–H and O–H groups in total. The Hall–Kier alpha value is -0.980. The molecular formula is C10H15N. The first kappa shape index (κ1) is 8.12. The monoisotopic (exact) mass is 149 g/mol. The van der Waals surface area contributed by atoms with Crippen LogP contribution in [0.25, 0.3) is 0 Å². The average Bonchev–Trinajstić information content (AvgIpc) is 1.98. The van der Waals surface area contributed by atoms with Crippen molar-refractivity contribution in [1.82, 2.24) is 5.32 Å². The van der Waals surface area contributed by atoms with Crippen molar-refractivity contribution in [2.24, 2.45) is 0 Å². The summed E-state index contributed by atoms with van der Waals surface area (Å²) in [6, 6.07) is 0. The predicted molar refractivity (Wildman–Crippen MR) is 49.3 cm³/mol. The van der Waals surface area contributed by atoms with Crippen LogP contribution < -0.4 is 5.32 Å². The first-order valence-corrected chi connectivity index (χ1v) is 4.08. The minimum absolute atomic E-state index is 1.05. The van der Waals surface area contributed by atoms with Gasteiger partial charge in [0.15, 0.2) is 0 Å². The molecule has 60 valence electrons. The zero-order chi connectivity index (χ0) is 8.10. The molecule has 1 aliphatic rings. The van der Waals surface area contributed by atoms with Crippen LogP contribution in [0.5, 0.6) is 0 Å². The summed E-state index contributed by atoms with van der Waals surface area (Å²) in [5.74, 6) is 0. The summed E-state index contributed by atoms with van der Waals surface area (Å²) in [5.41, 5.74) is 2.63. The fraction of sp³-hybridized carbons (Fsp3) is 0.400. The summed E-state index contributed by atoms with van der Waals surface area (Å²) in [5, 5.41) is 3.25. The number of allylic oxidation sites excluding steroid dienone is 4. The van der Waals surface area contributed by atoms with Crippen molar-refractivity contribution in [2.75, 3.05) is 6.54 Å². The van der Waals surface area contributed by atoms with E-state index in [9.17, 15) is 0 Å². The summed E-state index contributed by atoms with van der Waals surface area (Å²) >= 11 is 0. The van der Waals surface area contributed by atoms with Gasteiger partial charge >= 0.3 is 0 Å². The third-order valence-corrected chi connectivity index (χ3v) is 1.84.